The Labute approximate surface area is 96.0 Å². The summed E-state index contributed by atoms with van der Waals surface area (Å²) in [5.74, 6) is -1.50. The van der Waals surface area contributed by atoms with E-state index in [-0.39, 0.29) is 13.2 Å². The number of hydrogen-bond acceptors (Lipinski definition) is 5. The summed E-state index contributed by atoms with van der Waals surface area (Å²) in [6.45, 7) is 3.56. The van der Waals surface area contributed by atoms with Gasteiger partial charge in [0.05, 0.1) is 12.7 Å². The third kappa shape index (κ3) is 7.61. The van der Waals surface area contributed by atoms with Crippen molar-refractivity contribution in [2.24, 2.45) is 0 Å². The average molecular weight is 253 g/mol. The highest BCUT2D eigenvalue weighted by Gasteiger charge is 2.18. The van der Waals surface area contributed by atoms with Gasteiger partial charge in [0.2, 0.25) is 10.0 Å². The highest BCUT2D eigenvalue weighted by Crippen LogP contribution is 1.96. The van der Waals surface area contributed by atoms with Gasteiger partial charge in [0.1, 0.15) is 0 Å². The Morgan fingerprint density at radius 1 is 1.44 bits per heavy atom. The first kappa shape index (κ1) is 15.3. The molecule has 0 aromatic heterocycles. The molecule has 1 unspecified atom stereocenters. The zero-order valence-electron chi connectivity index (χ0n) is 9.60. The number of rotatable bonds is 8. The van der Waals surface area contributed by atoms with E-state index in [4.69, 9.17) is 0 Å². The molecule has 0 radical (unpaired) electrons. The summed E-state index contributed by atoms with van der Waals surface area (Å²) in [5, 5.41) is 9.31. The van der Waals surface area contributed by atoms with Gasteiger partial charge in [-0.25, -0.2) is 13.1 Å². The second-order valence-corrected chi connectivity index (χ2v) is 5.16. The van der Waals surface area contributed by atoms with Crippen molar-refractivity contribution in [2.45, 2.75) is 32.8 Å². The molecule has 6 nitrogen and oxygen atoms in total. The summed E-state index contributed by atoms with van der Waals surface area (Å²) in [6.07, 6.45) is 0.560. The second kappa shape index (κ2) is 7.59. The quantitative estimate of drug-likeness (QED) is 0.576. The van der Waals surface area contributed by atoms with Crippen LogP contribution in [-0.2, 0) is 19.6 Å². The molecule has 16 heavy (non-hydrogen) atoms. The Morgan fingerprint density at radius 3 is 2.56 bits per heavy atom. The fourth-order valence-corrected chi connectivity index (χ4v) is 2.01. The van der Waals surface area contributed by atoms with Gasteiger partial charge < -0.3 is 9.84 Å². The molecule has 0 aliphatic heterocycles. The van der Waals surface area contributed by atoms with Crippen LogP contribution in [0.1, 0.15) is 26.7 Å². The van der Waals surface area contributed by atoms with Gasteiger partial charge in [0, 0.05) is 6.54 Å². The van der Waals surface area contributed by atoms with Crippen LogP contribution >= 0.6 is 0 Å². The van der Waals surface area contributed by atoms with Gasteiger partial charge in [0.25, 0.3) is 0 Å². The molecule has 0 amide bonds. The van der Waals surface area contributed by atoms with Crippen LogP contribution in [0.25, 0.3) is 0 Å². The number of esters is 1. The molecule has 1 atom stereocenters. The SMILES string of the molecule is CCCC(O)CNS(=O)(=O)CC(=O)OCC. The molecular weight excluding hydrogens is 234 g/mol. The molecule has 96 valence electrons. The number of sulfonamides is 1. The maximum atomic E-state index is 11.3. The van der Waals surface area contributed by atoms with Crippen molar-refractivity contribution in [1.29, 1.82) is 0 Å². The first-order valence-corrected chi connectivity index (χ1v) is 6.87. The number of aliphatic hydroxyl groups excluding tert-OH is 1. The van der Waals surface area contributed by atoms with E-state index in [0.29, 0.717) is 6.42 Å². The molecule has 0 bridgehead atoms. The Kier molecular flexibility index (Phi) is 7.27. The van der Waals surface area contributed by atoms with Crippen molar-refractivity contribution in [3.8, 4) is 0 Å². The first-order valence-electron chi connectivity index (χ1n) is 5.22. The number of nitrogens with one attached hydrogen (secondary N) is 1. The Bertz CT molecular complexity index is 301. The second-order valence-electron chi connectivity index (χ2n) is 3.36. The summed E-state index contributed by atoms with van der Waals surface area (Å²) in [4.78, 5) is 10.9. The van der Waals surface area contributed by atoms with E-state index in [0.717, 1.165) is 6.42 Å². The lowest BCUT2D eigenvalue weighted by Crippen LogP contribution is -2.36. The van der Waals surface area contributed by atoms with Crippen LogP contribution < -0.4 is 4.72 Å². The van der Waals surface area contributed by atoms with Crippen molar-refractivity contribution in [2.75, 3.05) is 18.9 Å². The topological polar surface area (TPSA) is 92.7 Å². The smallest absolute Gasteiger partial charge is 0.322 e. The summed E-state index contributed by atoms with van der Waals surface area (Å²) in [5.41, 5.74) is 0. The number of carbonyl (C=O) groups excluding carboxylic acids is 1. The highest BCUT2D eigenvalue weighted by atomic mass is 32.2. The molecule has 0 aliphatic rings. The van der Waals surface area contributed by atoms with Gasteiger partial charge in [-0.2, -0.15) is 0 Å². The third-order valence-corrected chi connectivity index (χ3v) is 3.00. The maximum absolute atomic E-state index is 11.3. The zero-order chi connectivity index (χ0) is 12.6. The predicted octanol–water partition coefficient (Wildman–Crippen LogP) is -0.370. The van der Waals surface area contributed by atoms with Gasteiger partial charge in [0.15, 0.2) is 5.75 Å². The molecule has 0 saturated carbocycles. The molecule has 0 heterocycles. The van der Waals surface area contributed by atoms with Crippen LogP contribution in [0.5, 0.6) is 0 Å². The van der Waals surface area contributed by atoms with Crippen molar-refractivity contribution in [3.05, 3.63) is 0 Å². The van der Waals surface area contributed by atoms with Crippen LogP contribution in [0, 0.1) is 0 Å². The highest BCUT2D eigenvalue weighted by molar-refractivity contribution is 7.90. The van der Waals surface area contributed by atoms with Crippen molar-refractivity contribution in [1.82, 2.24) is 4.72 Å². The Morgan fingerprint density at radius 2 is 2.06 bits per heavy atom. The monoisotopic (exact) mass is 253 g/mol. The van der Waals surface area contributed by atoms with Gasteiger partial charge >= 0.3 is 5.97 Å². The predicted molar refractivity (Wildman–Crippen MR) is 59.3 cm³/mol. The largest absolute Gasteiger partial charge is 0.465 e. The molecule has 0 spiro atoms. The van der Waals surface area contributed by atoms with Crippen molar-refractivity contribution >= 4 is 16.0 Å². The van der Waals surface area contributed by atoms with Crippen LogP contribution in [-0.4, -0.2) is 44.5 Å². The van der Waals surface area contributed by atoms with E-state index < -0.39 is 27.8 Å². The van der Waals surface area contributed by atoms with E-state index in [1.54, 1.807) is 6.92 Å². The molecule has 0 aromatic carbocycles. The standard InChI is InChI=1S/C9H19NO5S/c1-3-5-8(11)6-10-16(13,14)7-9(12)15-4-2/h8,10-11H,3-7H2,1-2H3. The molecule has 7 heteroatoms. The minimum absolute atomic E-state index is 0.0738. The molecule has 0 fully saturated rings. The zero-order valence-corrected chi connectivity index (χ0v) is 10.4. The fourth-order valence-electron chi connectivity index (χ4n) is 1.07. The Balaban J connectivity index is 4.01. The first-order chi connectivity index (χ1) is 7.41. The lowest BCUT2D eigenvalue weighted by Gasteiger charge is -2.10. The number of hydrogen-bond donors (Lipinski definition) is 2. The van der Waals surface area contributed by atoms with E-state index in [1.165, 1.54) is 0 Å². The Hall–Kier alpha value is -0.660. The maximum Gasteiger partial charge on any atom is 0.322 e. The number of aliphatic hydroxyl groups is 1. The molecular formula is C9H19NO5S. The van der Waals surface area contributed by atoms with E-state index in [2.05, 4.69) is 9.46 Å². The lowest BCUT2D eigenvalue weighted by atomic mass is 10.2. The van der Waals surface area contributed by atoms with Crippen LogP contribution in [0.4, 0.5) is 0 Å². The summed E-state index contributed by atoms with van der Waals surface area (Å²) >= 11 is 0. The molecule has 0 saturated heterocycles. The van der Waals surface area contributed by atoms with Gasteiger partial charge in [-0.1, -0.05) is 13.3 Å². The third-order valence-electron chi connectivity index (χ3n) is 1.77. The van der Waals surface area contributed by atoms with E-state index in [9.17, 15) is 18.3 Å². The summed E-state index contributed by atoms with van der Waals surface area (Å²) < 4.78 is 29.3. The number of ether oxygens (including phenoxy) is 1. The average Bonchev–Trinajstić information content (AvgIpc) is 2.15. The van der Waals surface area contributed by atoms with Gasteiger partial charge in [-0.15, -0.1) is 0 Å². The van der Waals surface area contributed by atoms with Crippen molar-refractivity contribution in [3.63, 3.8) is 0 Å². The normalized spacial score (nSPS) is 13.4. The van der Waals surface area contributed by atoms with Crippen LogP contribution in [0.3, 0.4) is 0 Å². The minimum Gasteiger partial charge on any atom is -0.465 e. The van der Waals surface area contributed by atoms with Crippen LogP contribution in [0.15, 0.2) is 0 Å². The molecule has 0 rings (SSSR count). The van der Waals surface area contributed by atoms with Crippen LogP contribution in [0.2, 0.25) is 0 Å². The van der Waals surface area contributed by atoms with Crippen molar-refractivity contribution < 1.29 is 23.1 Å². The number of carbonyl (C=O) groups is 1. The molecule has 0 aromatic rings. The van der Waals surface area contributed by atoms with E-state index >= 15 is 0 Å². The van der Waals surface area contributed by atoms with Gasteiger partial charge in [-0.3, -0.25) is 4.79 Å². The van der Waals surface area contributed by atoms with Gasteiger partial charge in [-0.05, 0) is 13.3 Å². The molecule has 2 N–H and O–H groups in total. The van der Waals surface area contributed by atoms with E-state index in [1.807, 2.05) is 6.92 Å². The summed E-state index contributed by atoms with van der Waals surface area (Å²) in [7, 11) is -3.70. The fraction of sp³-hybridized carbons (Fsp3) is 0.889. The minimum atomic E-state index is -3.70. The lowest BCUT2D eigenvalue weighted by molar-refractivity contribution is -0.139. The summed E-state index contributed by atoms with van der Waals surface area (Å²) in [6, 6.07) is 0. The molecule has 0 aliphatic carbocycles.